The van der Waals surface area contributed by atoms with Gasteiger partial charge in [-0.3, -0.25) is 4.57 Å². The van der Waals surface area contributed by atoms with Crippen LogP contribution in [0.15, 0.2) is 35.7 Å². The maximum absolute atomic E-state index is 6.07. The van der Waals surface area contributed by atoms with Gasteiger partial charge in [0.05, 0.1) is 19.3 Å². The van der Waals surface area contributed by atoms with Gasteiger partial charge in [-0.25, -0.2) is 15.0 Å². The van der Waals surface area contributed by atoms with Crippen LogP contribution < -0.4 is 5.73 Å². The topological polar surface area (TPSA) is 81.6 Å². The Bertz CT molecular complexity index is 684. The van der Waals surface area contributed by atoms with Crippen LogP contribution in [0.3, 0.4) is 0 Å². The Kier molecular flexibility index (Phi) is 6.55. The molecule has 1 fully saturated rings. The second-order valence-electron chi connectivity index (χ2n) is 5.67. The molecule has 3 heterocycles. The van der Waals surface area contributed by atoms with Gasteiger partial charge in [0, 0.05) is 31.7 Å². The molecule has 3 rings (SSSR count). The lowest BCUT2D eigenvalue weighted by Crippen LogP contribution is -2.47. The van der Waals surface area contributed by atoms with Crippen molar-refractivity contribution in [3.8, 4) is 5.82 Å². The molecular weight excluding hydrogens is 419 g/mol. The van der Waals surface area contributed by atoms with Gasteiger partial charge in [0.1, 0.15) is 11.6 Å². The van der Waals surface area contributed by atoms with Gasteiger partial charge in [0.25, 0.3) is 0 Å². The summed E-state index contributed by atoms with van der Waals surface area (Å²) in [5, 5.41) is 0. The fourth-order valence-corrected chi connectivity index (χ4v) is 2.57. The van der Waals surface area contributed by atoms with Crippen LogP contribution in [-0.2, 0) is 11.3 Å². The van der Waals surface area contributed by atoms with Crippen molar-refractivity contribution in [1.29, 1.82) is 0 Å². The number of hydrogen-bond acceptors (Lipinski definition) is 4. The summed E-state index contributed by atoms with van der Waals surface area (Å²) >= 11 is 0. The minimum atomic E-state index is 0. The summed E-state index contributed by atoms with van der Waals surface area (Å²) in [5.41, 5.74) is 7.10. The molecule has 2 N–H and O–H groups in total. The van der Waals surface area contributed by atoms with Crippen LogP contribution in [0.4, 0.5) is 0 Å². The van der Waals surface area contributed by atoms with Crippen molar-refractivity contribution >= 4 is 29.9 Å². The van der Waals surface area contributed by atoms with E-state index in [1.807, 2.05) is 42.9 Å². The molecule has 0 aliphatic carbocycles. The Morgan fingerprint density at radius 2 is 2.25 bits per heavy atom. The third-order valence-electron chi connectivity index (χ3n) is 3.87. The monoisotopic (exact) mass is 442 g/mol. The van der Waals surface area contributed by atoms with Gasteiger partial charge in [-0.1, -0.05) is 6.07 Å². The number of guanidine groups is 1. The zero-order valence-corrected chi connectivity index (χ0v) is 16.3. The van der Waals surface area contributed by atoms with E-state index in [1.165, 1.54) is 0 Å². The molecular formula is C16H23IN6O. The Morgan fingerprint density at radius 1 is 1.42 bits per heavy atom. The summed E-state index contributed by atoms with van der Waals surface area (Å²) in [6.07, 6.45) is 5.68. The molecule has 0 amide bonds. The highest BCUT2D eigenvalue weighted by atomic mass is 127. The second-order valence-corrected chi connectivity index (χ2v) is 5.67. The number of hydrogen-bond donors (Lipinski definition) is 1. The largest absolute Gasteiger partial charge is 0.375 e. The third-order valence-corrected chi connectivity index (χ3v) is 3.87. The average Bonchev–Trinajstić information content (AvgIpc) is 2.99. The average molecular weight is 442 g/mol. The number of nitrogens with two attached hydrogens (primary N) is 1. The van der Waals surface area contributed by atoms with E-state index in [0.717, 1.165) is 30.3 Å². The molecule has 0 bridgehead atoms. The van der Waals surface area contributed by atoms with Crippen molar-refractivity contribution in [2.24, 2.45) is 10.7 Å². The number of pyridine rings is 1. The summed E-state index contributed by atoms with van der Waals surface area (Å²) in [6, 6.07) is 3.98. The van der Waals surface area contributed by atoms with Crippen LogP contribution in [0, 0.1) is 6.92 Å². The van der Waals surface area contributed by atoms with Crippen LogP contribution >= 0.6 is 24.0 Å². The highest BCUT2D eigenvalue weighted by Gasteiger charge is 2.17. The zero-order valence-electron chi connectivity index (χ0n) is 13.9. The lowest BCUT2D eigenvalue weighted by Gasteiger charge is -2.31. The summed E-state index contributed by atoms with van der Waals surface area (Å²) in [5.74, 6) is 2.33. The Hall–Kier alpha value is -1.68. The molecule has 24 heavy (non-hydrogen) atoms. The van der Waals surface area contributed by atoms with Crippen LogP contribution in [0.1, 0.15) is 18.3 Å². The maximum Gasteiger partial charge on any atom is 0.191 e. The smallest absolute Gasteiger partial charge is 0.191 e. The third kappa shape index (κ3) is 4.44. The molecule has 1 aliphatic heterocycles. The van der Waals surface area contributed by atoms with Crippen LogP contribution in [0.2, 0.25) is 0 Å². The number of imidazole rings is 1. The molecule has 0 radical (unpaired) electrons. The molecule has 0 spiro atoms. The molecule has 8 heteroatoms. The highest BCUT2D eigenvalue weighted by Crippen LogP contribution is 2.09. The van der Waals surface area contributed by atoms with Crippen molar-refractivity contribution < 1.29 is 4.74 Å². The molecule has 1 aliphatic rings. The van der Waals surface area contributed by atoms with E-state index in [-0.39, 0.29) is 30.1 Å². The first-order chi connectivity index (χ1) is 11.1. The van der Waals surface area contributed by atoms with E-state index in [9.17, 15) is 0 Å². The summed E-state index contributed by atoms with van der Waals surface area (Å²) in [6.45, 7) is 6.78. The predicted octanol–water partition coefficient (Wildman–Crippen LogP) is 1.73. The number of nitrogens with zero attached hydrogens (tertiary/aromatic N) is 5. The van der Waals surface area contributed by atoms with E-state index in [4.69, 9.17) is 10.5 Å². The quantitative estimate of drug-likeness (QED) is 0.445. The molecule has 1 atom stereocenters. The van der Waals surface area contributed by atoms with Gasteiger partial charge < -0.3 is 15.4 Å². The van der Waals surface area contributed by atoms with Crippen molar-refractivity contribution in [1.82, 2.24) is 19.4 Å². The maximum atomic E-state index is 6.07. The van der Waals surface area contributed by atoms with Gasteiger partial charge in [0.15, 0.2) is 5.96 Å². The first-order valence-electron chi connectivity index (χ1n) is 7.75. The van der Waals surface area contributed by atoms with Gasteiger partial charge in [-0.2, -0.15) is 0 Å². The van der Waals surface area contributed by atoms with E-state index in [0.29, 0.717) is 19.1 Å². The van der Waals surface area contributed by atoms with E-state index >= 15 is 0 Å². The molecule has 2 aromatic rings. The molecule has 1 unspecified atom stereocenters. The van der Waals surface area contributed by atoms with Crippen molar-refractivity contribution in [2.45, 2.75) is 26.5 Å². The van der Waals surface area contributed by atoms with E-state index in [1.54, 1.807) is 6.20 Å². The van der Waals surface area contributed by atoms with Crippen molar-refractivity contribution in [3.05, 3.63) is 42.1 Å². The van der Waals surface area contributed by atoms with Crippen LogP contribution in [-0.4, -0.2) is 51.2 Å². The number of aliphatic imine (C=N–C) groups is 1. The number of aromatic nitrogens is 3. The highest BCUT2D eigenvalue weighted by molar-refractivity contribution is 14.0. The standard InChI is InChI=1S/C16H22N6O.HI/c1-12-11-21(7-8-23-12)16(17)20-10-14-3-4-15(19-9-14)22-6-5-18-13(22)2;/h3-6,9,12H,7-8,10-11H2,1-2H3,(H2,17,20);1H. The molecule has 0 saturated carbocycles. The molecule has 130 valence electrons. The van der Waals surface area contributed by atoms with Crippen LogP contribution in [0.25, 0.3) is 5.82 Å². The Labute approximate surface area is 159 Å². The minimum absolute atomic E-state index is 0. The lowest BCUT2D eigenvalue weighted by atomic mass is 10.3. The van der Waals surface area contributed by atoms with E-state index in [2.05, 4.69) is 19.9 Å². The molecule has 0 aromatic carbocycles. The Morgan fingerprint density at radius 3 is 2.88 bits per heavy atom. The fourth-order valence-electron chi connectivity index (χ4n) is 2.57. The second kappa shape index (κ2) is 8.43. The number of morpholine rings is 1. The van der Waals surface area contributed by atoms with Crippen molar-refractivity contribution in [3.63, 3.8) is 0 Å². The first-order valence-corrected chi connectivity index (χ1v) is 7.75. The normalized spacial score (nSPS) is 18.3. The summed E-state index contributed by atoms with van der Waals surface area (Å²) in [4.78, 5) is 15.2. The lowest BCUT2D eigenvalue weighted by molar-refractivity contribution is 0.00529. The molecule has 7 nitrogen and oxygen atoms in total. The first kappa shape index (κ1) is 18.7. The number of halogens is 1. The number of rotatable bonds is 3. The van der Waals surface area contributed by atoms with E-state index < -0.39 is 0 Å². The van der Waals surface area contributed by atoms with Gasteiger partial charge in [0.2, 0.25) is 0 Å². The summed E-state index contributed by atoms with van der Waals surface area (Å²) < 4.78 is 7.45. The van der Waals surface area contributed by atoms with Crippen molar-refractivity contribution in [2.75, 3.05) is 19.7 Å². The predicted molar refractivity (Wildman–Crippen MR) is 104 cm³/mol. The molecule has 2 aromatic heterocycles. The van der Waals surface area contributed by atoms with Gasteiger partial charge in [-0.05, 0) is 25.5 Å². The molecule has 1 saturated heterocycles. The van der Waals surface area contributed by atoms with Gasteiger partial charge in [-0.15, -0.1) is 24.0 Å². The van der Waals surface area contributed by atoms with Gasteiger partial charge >= 0.3 is 0 Å². The zero-order chi connectivity index (χ0) is 16.2. The number of ether oxygens (including phenoxy) is 1. The summed E-state index contributed by atoms with van der Waals surface area (Å²) in [7, 11) is 0. The number of aryl methyl sites for hydroxylation is 1. The SMILES string of the molecule is Cc1nccn1-c1ccc(CN=C(N)N2CCOC(C)C2)cn1.I. The Balaban J connectivity index is 0.00000208. The minimum Gasteiger partial charge on any atom is -0.375 e. The fraction of sp³-hybridized carbons (Fsp3) is 0.438. The van der Waals surface area contributed by atoms with Crippen LogP contribution in [0.5, 0.6) is 0 Å².